The molecule has 0 radical (unpaired) electrons. The molecular formula is C7H10F2N2O2. The number of carbonyl (C=O) groups excluding carboxylic acids is 1. The molecule has 4 nitrogen and oxygen atoms in total. The predicted molar refractivity (Wildman–Crippen MR) is 42.6 cm³/mol. The maximum atomic E-state index is 11.8. The van der Waals surface area contributed by atoms with Gasteiger partial charge in [-0.2, -0.15) is 0 Å². The van der Waals surface area contributed by atoms with Crippen LogP contribution < -0.4 is 5.73 Å². The minimum Gasteiger partial charge on any atom is -0.461 e. The first kappa shape index (κ1) is 11.5. The monoisotopic (exact) mass is 192 g/mol. The van der Waals surface area contributed by atoms with E-state index < -0.39 is 23.8 Å². The Kier molecular flexibility index (Phi) is 4.64. The molecule has 3 N–H and O–H groups in total. The third-order valence-corrected chi connectivity index (χ3v) is 1.06. The van der Waals surface area contributed by atoms with Gasteiger partial charge in [-0.1, -0.05) is 0 Å². The molecule has 0 aliphatic rings. The molecule has 0 aliphatic heterocycles. The third-order valence-electron chi connectivity index (χ3n) is 1.06. The molecule has 6 heteroatoms. The molecule has 0 amide bonds. The fourth-order valence-corrected chi connectivity index (χ4v) is 0.497. The van der Waals surface area contributed by atoms with Gasteiger partial charge in [0.2, 0.25) is 0 Å². The fourth-order valence-electron chi connectivity index (χ4n) is 0.497. The molecule has 0 atom stereocenters. The minimum absolute atomic E-state index is 0.0869. The van der Waals surface area contributed by atoms with E-state index in [1.807, 2.05) is 0 Å². The van der Waals surface area contributed by atoms with E-state index in [0.717, 1.165) is 0 Å². The van der Waals surface area contributed by atoms with Gasteiger partial charge in [-0.25, -0.2) is 13.6 Å². The van der Waals surface area contributed by atoms with Crippen LogP contribution in [0.4, 0.5) is 8.78 Å². The number of carbonyl (C=O) groups is 1. The summed E-state index contributed by atoms with van der Waals surface area (Å²) in [7, 11) is 0. The molecule has 0 aromatic heterocycles. The van der Waals surface area contributed by atoms with Gasteiger partial charge in [-0.3, -0.25) is 5.41 Å². The van der Waals surface area contributed by atoms with Crippen molar-refractivity contribution >= 4 is 11.7 Å². The highest BCUT2D eigenvalue weighted by Crippen LogP contribution is 2.01. The van der Waals surface area contributed by atoms with E-state index in [4.69, 9.17) is 11.1 Å². The van der Waals surface area contributed by atoms with Crippen LogP contribution in [0, 0.1) is 5.41 Å². The van der Waals surface area contributed by atoms with Crippen molar-refractivity contribution in [1.29, 1.82) is 5.41 Å². The van der Waals surface area contributed by atoms with Gasteiger partial charge >= 0.3 is 5.97 Å². The average molecular weight is 192 g/mol. The van der Waals surface area contributed by atoms with Gasteiger partial charge in [0, 0.05) is 0 Å². The molecule has 0 fully saturated rings. The molecule has 0 aromatic carbocycles. The Morgan fingerprint density at radius 3 is 2.62 bits per heavy atom. The van der Waals surface area contributed by atoms with Crippen LogP contribution in [-0.2, 0) is 9.53 Å². The van der Waals surface area contributed by atoms with Gasteiger partial charge in [0.25, 0.3) is 6.43 Å². The number of halogens is 2. The number of hydrogen-bond acceptors (Lipinski definition) is 4. The van der Waals surface area contributed by atoms with E-state index in [9.17, 15) is 13.6 Å². The quantitative estimate of drug-likeness (QED) is 0.508. The highest BCUT2D eigenvalue weighted by Gasteiger charge is 2.12. The second-order valence-corrected chi connectivity index (χ2v) is 2.08. The summed E-state index contributed by atoms with van der Waals surface area (Å²) in [6.07, 6.45) is -2.28. The van der Waals surface area contributed by atoms with Gasteiger partial charge in [-0.15, -0.1) is 0 Å². The van der Waals surface area contributed by atoms with Gasteiger partial charge in [-0.05, 0) is 13.0 Å². The summed E-state index contributed by atoms with van der Waals surface area (Å²) in [6.45, 7) is 1.63. The molecule has 0 saturated heterocycles. The molecule has 0 aliphatic carbocycles. The zero-order chi connectivity index (χ0) is 10.4. The highest BCUT2D eigenvalue weighted by atomic mass is 19.3. The Labute approximate surface area is 73.9 Å². The van der Waals surface area contributed by atoms with Crippen molar-refractivity contribution in [3.8, 4) is 0 Å². The second-order valence-electron chi connectivity index (χ2n) is 2.08. The Morgan fingerprint density at radius 2 is 2.23 bits per heavy atom. The van der Waals surface area contributed by atoms with E-state index in [1.54, 1.807) is 6.92 Å². The first-order valence-corrected chi connectivity index (χ1v) is 3.50. The smallest absolute Gasteiger partial charge is 0.356 e. The molecule has 0 spiro atoms. The van der Waals surface area contributed by atoms with Crippen molar-refractivity contribution in [2.75, 3.05) is 6.61 Å². The van der Waals surface area contributed by atoms with Crippen LogP contribution in [0.25, 0.3) is 0 Å². The number of esters is 1. The Morgan fingerprint density at radius 1 is 1.69 bits per heavy atom. The number of nitrogens with two attached hydrogens (primary N) is 1. The van der Waals surface area contributed by atoms with Crippen molar-refractivity contribution in [2.45, 2.75) is 13.3 Å². The summed E-state index contributed by atoms with van der Waals surface area (Å²) in [5.74, 6) is -0.967. The molecule has 13 heavy (non-hydrogen) atoms. The lowest BCUT2D eigenvalue weighted by molar-refractivity contribution is -0.135. The van der Waals surface area contributed by atoms with Gasteiger partial charge in [0.1, 0.15) is 5.71 Å². The predicted octanol–water partition coefficient (Wildman–Crippen LogP) is 0.677. The van der Waals surface area contributed by atoms with Gasteiger partial charge < -0.3 is 10.5 Å². The number of nitrogens with one attached hydrogen (secondary N) is 1. The summed E-state index contributed by atoms with van der Waals surface area (Å²) in [4.78, 5) is 10.7. The number of alkyl halides is 2. The molecule has 0 saturated carbocycles. The molecule has 0 bridgehead atoms. The molecule has 74 valence electrons. The van der Waals surface area contributed by atoms with Crippen LogP contribution in [0.15, 0.2) is 11.8 Å². The minimum atomic E-state index is -2.87. The lowest BCUT2D eigenvalue weighted by Crippen LogP contribution is -2.18. The molecule has 0 unspecified atom stereocenters. The summed E-state index contributed by atoms with van der Waals surface area (Å²) >= 11 is 0. The van der Waals surface area contributed by atoms with Crippen LogP contribution in [0.2, 0.25) is 0 Å². The standard InChI is InChI=1S/C7H10F2N2O2/c1-2-13-7(12)5(11)3-4(10)6(8)9/h3,6,11H,2,10H2,1H3/b4-3-,11-5?. The zero-order valence-electron chi connectivity index (χ0n) is 7.01. The first-order valence-electron chi connectivity index (χ1n) is 3.50. The number of ether oxygens (including phenoxy) is 1. The molecular weight excluding hydrogens is 182 g/mol. The van der Waals surface area contributed by atoms with Crippen molar-refractivity contribution in [1.82, 2.24) is 0 Å². The normalized spacial score (nSPS) is 11.5. The molecule has 0 rings (SSSR count). The Balaban J connectivity index is 4.29. The van der Waals surface area contributed by atoms with Crippen molar-refractivity contribution in [3.63, 3.8) is 0 Å². The summed E-state index contributed by atoms with van der Waals surface area (Å²) in [5.41, 5.74) is 3.31. The van der Waals surface area contributed by atoms with E-state index >= 15 is 0 Å². The van der Waals surface area contributed by atoms with E-state index in [2.05, 4.69) is 4.74 Å². The maximum Gasteiger partial charge on any atom is 0.356 e. The topological polar surface area (TPSA) is 76.2 Å². The first-order chi connectivity index (χ1) is 5.99. The average Bonchev–Trinajstić information content (AvgIpc) is 2.04. The molecule has 0 heterocycles. The van der Waals surface area contributed by atoms with E-state index in [1.165, 1.54) is 0 Å². The number of rotatable bonds is 4. The fraction of sp³-hybridized carbons (Fsp3) is 0.429. The van der Waals surface area contributed by atoms with Gasteiger partial charge in [0.05, 0.1) is 12.3 Å². The zero-order valence-corrected chi connectivity index (χ0v) is 7.01. The van der Waals surface area contributed by atoms with Gasteiger partial charge in [0.15, 0.2) is 0 Å². The molecule has 0 aromatic rings. The summed E-state index contributed by atoms with van der Waals surface area (Å²) in [6, 6.07) is 0. The number of allylic oxidation sites excluding steroid dienone is 1. The van der Waals surface area contributed by atoms with Crippen molar-refractivity contribution in [2.24, 2.45) is 5.73 Å². The van der Waals surface area contributed by atoms with Crippen LogP contribution in [0.1, 0.15) is 6.92 Å². The van der Waals surface area contributed by atoms with Crippen LogP contribution in [-0.4, -0.2) is 24.7 Å². The van der Waals surface area contributed by atoms with E-state index in [-0.39, 0.29) is 6.61 Å². The third kappa shape index (κ3) is 4.19. The SMILES string of the molecule is CCOC(=O)C(=N)/C=C(\N)C(F)F. The Bertz CT molecular complexity index is 239. The lowest BCUT2D eigenvalue weighted by Gasteiger charge is -2.01. The Hall–Kier alpha value is -1.46. The van der Waals surface area contributed by atoms with Crippen LogP contribution in [0.3, 0.4) is 0 Å². The van der Waals surface area contributed by atoms with E-state index in [0.29, 0.717) is 6.08 Å². The van der Waals surface area contributed by atoms with Crippen LogP contribution in [0.5, 0.6) is 0 Å². The largest absolute Gasteiger partial charge is 0.461 e. The van der Waals surface area contributed by atoms with Crippen molar-refractivity contribution < 1.29 is 18.3 Å². The summed E-state index contributed by atoms with van der Waals surface area (Å²) < 4.78 is 28.0. The maximum absolute atomic E-state index is 11.8. The van der Waals surface area contributed by atoms with Crippen LogP contribution >= 0.6 is 0 Å². The highest BCUT2D eigenvalue weighted by molar-refractivity contribution is 6.39. The lowest BCUT2D eigenvalue weighted by atomic mass is 10.3. The summed E-state index contributed by atoms with van der Waals surface area (Å²) in [5, 5.41) is 6.96. The van der Waals surface area contributed by atoms with Crippen molar-refractivity contribution in [3.05, 3.63) is 11.8 Å². The number of hydrogen-bond donors (Lipinski definition) is 2. The second kappa shape index (κ2) is 5.23.